The summed E-state index contributed by atoms with van der Waals surface area (Å²) in [5, 5.41) is 4.00. The van der Waals surface area contributed by atoms with E-state index in [0.717, 1.165) is 17.9 Å². The van der Waals surface area contributed by atoms with E-state index in [1.807, 2.05) is 6.92 Å². The number of nitrogen functional groups attached to an aromatic ring is 1. The lowest BCUT2D eigenvalue weighted by atomic mass is 10.5. The fraction of sp³-hybridized carbons (Fsp3) is 0.700. The van der Waals surface area contributed by atoms with Gasteiger partial charge in [0.2, 0.25) is 10.0 Å². The highest BCUT2D eigenvalue weighted by Gasteiger charge is 2.29. The topological polar surface area (TPSA) is 81.2 Å². The van der Waals surface area contributed by atoms with Crippen molar-refractivity contribution < 1.29 is 8.42 Å². The van der Waals surface area contributed by atoms with Crippen LogP contribution in [0.1, 0.15) is 13.3 Å². The van der Waals surface area contributed by atoms with Crippen LogP contribution in [0.2, 0.25) is 0 Å². The molecule has 0 aromatic carbocycles. The van der Waals surface area contributed by atoms with Gasteiger partial charge in [0.25, 0.3) is 0 Å². The van der Waals surface area contributed by atoms with Crippen molar-refractivity contribution in [2.24, 2.45) is 0 Å². The fourth-order valence-corrected chi connectivity index (χ4v) is 4.42. The third-order valence-electron chi connectivity index (χ3n) is 2.88. The smallest absolute Gasteiger partial charge is 0.248 e. The normalized spacial score (nSPS) is 18.7. The third kappa shape index (κ3) is 2.65. The number of hydrogen-bond donors (Lipinski definition) is 1. The predicted octanol–water partition coefficient (Wildman–Crippen LogP) is 0.613. The Morgan fingerprint density at radius 3 is 2.89 bits per heavy atom. The summed E-state index contributed by atoms with van der Waals surface area (Å²) < 4.78 is 28.0. The summed E-state index contributed by atoms with van der Waals surface area (Å²) in [6.45, 7) is 3.61. The first kappa shape index (κ1) is 13.7. The van der Waals surface area contributed by atoms with Crippen molar-refractivity contribution in [3.63, 3.8) is 0 Å². The van der Waals surface area contributed by atoms with Crippen molar-refractivity contribution in [1.29, 1.82) is 0 Å². The van der Waals surface area contributed by atoms with Gasteiger partial charge in [0.05, 0.1) is 0 Å². The lowest BCUT2D eigenvalue weighted by Crippen LogP contribution is -2.33. The quantitative estimate of drug-likeness (QED) is 0.882. The number of nitrogens with two attached hydrogens (primary N) is 1. The standard InChI is InChI=1S/C10H18N4O2S2/c1-2-13-8-9(10(11)12-13)18(15,16)14-4-3-6-17-7-5-14/h8H,2-7H2,1H3,(H2,11,12). The Bertz CT molecular complexity index is 504. The van der Waals surface area contributed by atoms with Crippen LogP contribution in [0.4, 0.5) is 5.82 Å². The Morgan fingerprint density at radius 2 is 2.22 bits per heavy atom. The zero-order valence-electron chi connectivity index (χ0n) is 10.4. The van der Waals surface area contributed by atoms with Crippen LogP contribution >= 0.6 is 11.8 Å². The van der Waals surface area contributed by atoms with Gasteiger partial charge in [-0.15, -0.1) is 0 Å². The monoisotopic (exact) mass is 290 g/mol. The van der Waals surface area contributed by atoms with E-state index in [9.17, 15) is 8.42 Å². The minimum Gasteiger partial charge on any atom is -0.381 e. The van der Waals surface area contributed by atoms with Crippen LogP contribution < -0.4 is 5.73 Å². The van der Waals surface area contributed by atoms with Crippen LogP contribution in [0.3, 0.4) is 0 Å². The molecule has 2 rings (SSSR count). The first-order valence-electron chi connectivity index (χ1n) is 5.96. The molecule has 102 valence electrons. The Balaban J connectivity index is 2.31. The van der Waals surface area contributed by atoms with E-state index in [0.29, 0.717) is 19.6 Å². The second-order valence-electron chi connectivity index (χ2n) is 4.10. The number of rotatable bonds is 3. The van der Waals surface area contributed by atoms with Gasteiger partial charge < -0.3 is 5.73 Å². The van der Waals surface area contributed by atoms with Gasteiger partial charge in [-0.1, -0.05) is 0 Å². The highest BCUT2D eigenvalue weighted by molar-refractivity contribution is 7.99. The molecule has 6 nitrogen and oxygen atoms in total. The van der Waals surface area contributed by atoms with Gasteiger partial charge in [-0.25, -0.2) is 8.42 Å². The van der Waals surface area contributed by atoms with Crippen molar-refractivity contribution in [3.05, 3.63) is 6.20 Å². The highest BCUT2D eigenvalue weighted by Crippen LogP contribution is 2.23. The first-order valence-corrected chi connectivity index (χ1v) is 8.56. The van der Waals surface area contributed by atoms with Crippen molar-refractivity contribution in [2.45, 2.75) is 24.8 Å². The second-order valence-corrected chi connectivity index (χ2v) is 7.24. The number of nitrogens with zero attached hydrogens (tertiary/aromatic N) is 3. The summed E-state index contributed by atoms with van der Waals surface area (Å²) in [4.78, 5) is 0.135. The minimum absolute atomic E-state index is 0.0914. The number of anilines is 1. The maximum absolute atomic E-state index is 12.5. The molecule has 18 heavy (non-hydrogen) atoms. The SMILES string of the molecule is CCn1cc(S(=O)(=O)N2CCCSCC2)c(N)n1. The number of sulfonamides is 1. The Hall–Kier alpha value is -0.730. The molecule has 1 aromatic heterocycles. The van der Waals surface area contributed by atoms with E-state index in [1.165, 1.54) is 10.5 Å². The summed E-state index contributed by atoms with van der Waals surface area (Å²) in [6.07, 6.45) is 2.40. The largest absolute Gasteiger partial charge is 0.381 e. The lowest BCUT2D eigenvalue weighted by molar-refractivity contribution is 0.435. The molecular formula is C10H18N4O2S2. The summed E-state index contributed by atoms with van der Waals surface area (Å²) in [7, 11) is -3.49. The molecule has 0 saturated carbocycles. The van der Waals surface area contributed by atoms with Crippen LogP contribution in [0, 0.1) is 0 Å². The van der Waals surface area contributed by atoms with Gasteiger partial charge >= 0.3 is 0 Å². The zero-order valence-corrected chi connectivity index (χ0v) is 12.0. The number of thioether (sulfide) groups is 1. The number of aryl methyl sites for hydroxylation is 1. The molecule has 1 saturated heterocycles. The van der Waals surface area contributed by atoms with Gasteiger partial charge in [-0.05, 0) is 19.1 Å². The molecule has 2 heterocycles. The molecule has 0 radical (unpaired) electrons. The predicted molar refractivity (Wildman–Crippen MR) is 73.0 cm³/mol. The van der Waals surface area contributed by atoms with Crippen LogP contribution in [-0.2, 0) is 16.6 Å². The molecule has 0 atom stereocenters. The van der Waals surface area contributed by atoms with Crippen LogP contribution in [-0.4, -0.2) is 47.1 Å². The molecule has 2 N–H and O–H groups in total. The zero-order chi connectivity index (χ0) is 13.2. The minimum atomic E-state index is -3.49. The van der Waals surface area contributed by atoms with Crippen molar-refractivity contribution in [1.82, 2.24) is 14.1 Å². The summed E-state index contributed by atoms with van der Waals surface area (Å²) in [5.41, 5.74) is 5.71. The highest BCUT2D eigenvalue weighted by atomic mass is 32.2. The molecule has 0 bridgehead atoms. The Morgan fingerprint density at radius 1 is 1.44 bits per heavy atom. The van der Waals surface area contributed by atoms with Crippen molar-refractivity contribution in [2.75, 3.05) is 30.3 Å². The summed E-state index contributed by atoms with van der Waals surface area (Å²) >= 11 is 1.79. The third-order valence-corrected chi connectivity index (χ3v) is 5.84. The van der Waals surface area contributed by atoms with E-state index < -0.39 is 10.0 Å². The van der Waals surface area contributed by atoms with Gasteiger partial charge in [0, 0.05) is 31.6 Å². The molecule has 0 amide bonds. The average molecular weight is 290 g/mol. The van der Waals surface area contributed by atoms with Crippen LogP contribution in [0.15, 0.2) is 11.1 Å². The van der Waals surface area contributed by atoms with Gasteiger partial charge in [0.15, 0.2) is 5.82 Å². The fourth-order valence-electron chi connectivity index (χ4n) is 1.88. The first-order chi connectivity index (χ1) is 8.55. The molecule has 0 aliphatic carbocycles. The summed E-state index contributed by atoms with van der Waals surface area (Å²) in [5.74, 6) is 1.94. The number of aromatic nitrogens is 2. The molecule has 8 heteroatoms. The maximum Gasteiger partial charge on any atom is 0.248 e. The molecule has 1 fully saturated rings. The van der Waals surface area contributed by atoms with E-state index in [2.05, 4.69) is 5.10 Å². The Labute approximate surface area is 112 Å². The van der Waals surface area contributed by atoms with Crippen LogP contribution in [0.5, 0.6) is 0 Å². The number of hydrogen-bond acceptors (Lipinski definition) is 5. The van der Waals surface area contributed by atoms with E-state index in [1.54, 1.807) is 16.4 Å². The molecule has 1 aromatic rings. The van der Waals surface area contributed by atoms with Crippen molar-refractivity contribution in [3.8, 4) is 0 Å². The van der Waals surface area contributed by atoms with E-state index in [4.69, 9.17) is 5.73 Å². The van der Waals surface area contributed by atoms with Gasteiger partial charge in [-0.2, -0.15) is 21.2 Å². The average Bonchev–Trinajstić information content (AvgIpc) is 2.55. The van der Waals surface area contributed by atoms with Crippen LogP contribution in [0.25, 0.3) is 0 Å². The summed E-state index contributed by atoms with van der Waals surface area (Å²) in [6, 6.07) is 0. The molecule has 0 spiro atoms. The maximum atomic E-state index is 12.5. The lowest BCUT2D eigenvalue weighted by Gasteiger charge is -2.18. The molecular weight excluding hydrogens is 272 g/mol. The molecule has 0 unspecified atom stereocenters. The molecule has 1 aliphatic rings. The molecule has 1 aliphatic heterocycles. The van der Waals surface area contributed by atoms with E-state index in [-0.39, 0.29) is 10.7 Å². The Kier molecular flexibility index (Phi) is 4.18. The van der Waals surface area contributed by atoms with Gasteiger partial charge in [0.1, 0.15) is 4.90 Å². The second kappa shape index (κ2) is 5.50. The van der Waals surface area contributed by atoms with Crippen molar-refractivity contribution >= 4 is 27.6 Å². The van der Waals surface area contributed by atoms with E-state index >= 15 is 0 Å². The van der Waals surface area contributed by atoms with Gasteiger partial charge in [-0.3, -0.25) is 4.68 Å².